The maximum atomic E-state index is 13.2. The third-order valence-electron chi connectivity index (χ3n) is 4.99. The molecular formula is C20H22N2OS. The molecule has 1 unspecified atom stereocenters. The Morgan fingerprint density at radius 1 is 1.21 bits per heavy atom. The number of thiophene rings is 1. The first-order valence-corrected chi connectivity index (χ1v) is 9.53. The standard InChI is InChI=1S/C20H22N2OS/c1-15-7-5-6-11-21(15)20(23)18-13-19-17(10-12-24-19)22(18)14-16-8-3-2-4-9-16/h2-4,8-10,12-13,15H,5-7,11,14H2,1H3. The van der Waals surface area contributed by atoms with Gasteiger partial charge >= 0.3 is 0 Å². The van der Waals surface area contributed by atoms with Crippen LogP contribution in [0.5, 0.6) is 0 Å². The Hall–Kier alpha value is -2.07. The van der Waals surface area contributed by atoms with E-state index in [1.165, 1.54) is 16.7 Å². The van der Waals surface area contributed by atoms with Gasteiger partial charge in [0.1, 0.15) is 5.69 Å². The Morgan fingerprint density at radius 3 is 2.83 bits per heavy atom. The summed E-state index contributed by atoms with van der Waals surface area (Å²) >= 11 is 1.71. The van der Waals surface area contributed by atoms with Crippen molar-refractivity contribution in [3.63, 3.8) is 0 Å². The van der Waals surface area contributed by atoms with Crippen LogP contribution in [0.2, 0.25) is 0 Å². The van der Waals surface area contributed by atoms with Gasteiger partial charge in [-0.2, -0.15) is 0 Å². The van der Waals surface area contributed by atoms with Crippen LogP contribution in [-0.2, 0) is 6.54 Å². The first-order valence-electron chi connectivity index (χ1n) is 8.65. The smallest absolute Gasteiger partial charge is 0.270 e. The van der Waals surface area contributed by atoms with Crippen molar-refractivity contribution in [3.05, 3.63) is 59.1 Å². The highest BCUT2D eigenvalue weighted by molar-refractivity contribution is 7.17. The molecule has 3 aromatic rings. The molecule has 1 aliphatic rings. The fourth-order valence-electron chi connectivity index (χ4n) is 3.64. The van der Waals surface area contributed by atoms with Crippen molar-refractivity contribution in [2.75, 3.05) is 6.54 Å². The van der Waals surface area contributed by atoms with Gasteiger partial charge in [-0.05, 0) is 49.3 Å². The van der Waals surface area contributed by atoms with Crippen LogP contribution in [0.15, 0.2) is 47.8 Å². The van der Waals surface area contributed by atoms with Crippen molar-refractivity contribution in [2.45, 2.75) is 38.8 Å². The second-order valence-electron chi connectivity index (χ2n) is 6.61. The fourth-order valence-corrected chi connectivity index (χ4v) is 4.46. The maximum Gasteiger partial charge on any atom is 0.270 e. The second kappa shape index (κ2) is 6.44. The van der Waals surface area contributed by atoms with E-state index in [0.29, 0.717) is 6.04 Å². The van der Waals surface area contributed by atoms with Crippen molar-refractivity contribution < 1.29 is 4.79 Å². The van der Waals surface area contributed by atoms with Crippen LogP contribution in [0, 0.1) is 0 Å². The number of hydrogen-bond donors (Lipinski definition) is 0. The fraction of sp³-hybridized carbons (Fsp3) is 0.350. The van der Waals surface area contributed by atoms with Crippen LogP contribution >= 0.6 is 11.3 Å². The highest BCUT2D eigenvalue weighted by atomic mass is 32.1. The lowest BCUT2D eigenvalue weighted by Crippen LogP contribution is -2.42. The van der Waals surface area contributed by atoms with E-state index < -0.39 is 0 Å². The molecule has 1 aliphatic heterocycles. The van der Waals surface area contributed by atoms with E-state index >= 15 is 0 Å². The van der Waals surface area contributed by atoms with E-state index in [9.17, 15) is 4.79 Å². The highest BCUT2D eigenvalue weighted by Crippen LogP contribution is 2.28. The van der Waals surface area contributed by atoms with Gasteiger partial charge in [-0.3, -0.25) is 4.79 Å². The predicted molar refractivity (Wildman–Crippen MR) is 99.7 cm³/mol. The van der Waals surface area contributed by atoms with Gasteiger partial charge in [-0.15, -0.1) is 11.3 Å². The molecular weight excluding hydrogens is 316 g/mol. The Kier molecular flexibility index (Phi) is 4.15. The van der Waals surface area contributed by atoms with E-state index in [1.54, 1.807) is 11.3 Å². The number of piperidine rings is 1. The molecule has 1 atom stereocenters. The molecule has 0 N–H and O–H groups in total. The number of rotatable bonds is 3. The van der Waals surface area contributed by atoms with Crippen LogP contribution in [-0.4, -0.2) is 28.0 Å². The van der Waals surface area contributed by atoms with Gasteiger partial charge < -0.3 is 9.47 Å². The summed E-state index contributed by atoms with van der Waals surface area (Å²) in [6.45, 7) is 3.79. The molecule has 1 amide bonds. The summed E-state index contributed by atoms with van der Waals surface area (Å²) < 4.78 is 3.38. The van der Waals surface area contributed by atoms with E-state index in [-0.39, 0.29) is 5.91 Å². The van der Waals surface area contributed by atoms with E-state index in [0.717, 1.165) is 37.1 Å². The van der Waals surface area contributed by atoms with Crippen molar-refractivity contribution in [2.24, 2.45) is 0 Å². The van der Waals surface area contributed by atoms with Crippen molar-refractivity contribution >= 4 is 27.5 Å². The number of amides is 1. The third-order valence-corrected chi connectivity index (χ3v) is 5.84. The van der Waals surface area contributed by atoms with Gasteiger partial charge in [0.25, 0.3) is 5.91 Å². The van der Waals surface area contributed by atoms with E-state index in [4.69, 9.17) is 0 Å². The molecule has 0 radical (unpaired) electrons. The Bertz CT molecular complexity index is 849. The van der Waals surface area contributed by atoms with Gasteiger partial charge in [0.05, 0.1) is 10.2 Å². The Labute approximate surface area is 146 Å². The molecule has 1 saturated heterocycles. The summed E-state index contributed by atoms with van der Waals surface area (Å²) in [7, 11) is 0. The minimum absolute atomic E-state index is 0.182. The molecule has 2 aromatic heterocycles. The molecule has 124 valence electrons. The lowest BCUT2D eigenvalue weighted by atomic mass is 10.0. The molecule has 0 bridgehead atoms. The van der Waals surface area contributed by atoms with Crippen LogP contribution in [0.1, 0.15) is 42.2 Å². The van der Waals surface area contributed by atoms with E-state index in [1.807, 2.05) is 6.07 Å². The lowest BCUT2D eigenvalue weighted by Gasteiger charge is -2.33. The van der Waals surface area contributed by atoms with Crippen molar-refractivity contribution in [1.29, 1.82) is 0 Å². The van der Waals surface area contributed by atoms with Crippen molar-refractivity contribution in [1.82, 2.24) is 9.47 Å². The number of likely N-dealkylation sites (tertiary alicyclic amines) is 1. The minimum Gasteiger partial charge on any atom is -0.335 e. The maximum absolute atomic E-state index is 13.2. The molecule has 0 aliphatic carbocycles. The summed E-state index contributed by atoms with van der Waals surface area (Å²) in [4.78, 5) is 15.3. The van der Waals surface area contributed by atoms with Crippen molar-refractivity contribution in [3.8, 4) is 0 Å². The molecule has 3 heterocycles. The molecule has 4 heteroatoms. The average molecular weight is 338 g/mol. The first kappa shape index (κ1) is 15.5. The molecule has 24 heavy (non-hydrogen) atoms. The number of hydrogen-bond acceptors (Lipinski definition) is 2. The summed E-state index contributed by atoms with van der Waals surface area (Å²) in [6.07, 6.45) is 3.45. The summed E-state index contributed by atoms with van der Waals surface area (Å²) in [6, 6.07) is 14.9. The largest absolute Gasteiger partial charge is 0.335 e. The quantitative estimate of drug-likeness (QED) is 0.675. The van der Waals surface area contributed by atoms with Gasteiger partial charge in [0.15, 0.2) is 0 Å². The normalized spacial score (nSPS) is 18.2. The molecule has 4 rings (SSSR count). The molecule has 0 saturated carbocycles. The zero-order valence-electron chi connectivity index (χ0n) is 13.9. The van der Waals surface area contributed by atoms with Gasteiger partial charge in [-0.1, -0.05) is 30.3 Å². The van der Waals surface area contributed by atoms with Crippen LogP contribution in [0.25, 0.3) is 10.2 Å². The topological polar surface area (TPSA) is 25.2 Å². The number of aromatic nitrogens is 1. The lowest BCUT2D eigenvalue weighted by molar-refractivity contribution is 0.0625. The molecule has 0 spiro atoms. The second-order valence-corrected chi connectivity index (χ2v) is 7.56. The van der Waals surface area contributed by atoms with Gasteiger partial charge in [0, 0.05) is 19.1 Å². The monoisotopic (exact) mass is 338 g/mol. The third kappa shape index (κ3) is 2.75. The van der Waals surface area contributed by atoms with Crippen LogP contribution in [0.4, 0.5) is 0 Å². The first-order chi connectivity index (χ1) is 11.7. The Balaban J connectivity index is 1.73. The minimum atomic E-state index is 0.182. The number of fused-ring (bicyclic) bond motifs is 1. The number of benzene rings is 1. The zero-order valence-corrected chi connectivity index (χ0v) is 14.8. The number of carbonyl (C=O) groups is 1. The molecule has 1 fully saturated rings. The SMILES string of the molecule is CC1CCCCN1C(=O)c1cc2sccc2n1Cc1ccccc1. The Morgan fingerprint density at radius 2 is 2.04 bits per heavy atom. The van der Waals surface area contributed by atoms with Gasteiger partial charge in [-0.25, -0.2) is 0 Å². The van der Waals surface area contributed by atoms with Crippen LogP contribution in [0.3, 0.4) is 0 Å². The number of carbonyl (C=O) groups excluding carboxylic acids is 1. The summed E-state index contributed by atoms with van der Waals surface area (Å²) in [5, 5.41) is 2.10. The number of nitrogens with zero attached hydrogens (tertiary/aromatic N) is 2. The van der Waals surface area contributed by atoms with E-state index in [2.05, 4.69) is 58.2 Å². The predicted octanol–water partition coefficient (Wildman–Crippen LogP) is 4.77. The highest BCUT2D eigenvalue weighted by Gasteiger charge is 2.27. The van der Waals surface area contributed by atoms with Gasteiger partial charge in [0.2, 0.25) is 0 Å². The molecule has 3 nitrogen and oxygen atoms in total. The summed E-state index contributed by atoms with van der Waals surface area (Å²) in [5.74, 6) is 0.182. The zero-order chi connectivity index (χ0) is 16.5. The summed E-state index contributed by atoms with van der Waals surface area (Å²) in [5.41, 5.74) is 3.22. The molecule has 1 aromatic carbocycles. The van der Waals surface area contributed by atoms with Crippen LogP contribution < -0.4 is 0 Å². The average Bonchev–Trinajstić information content (AvgIpc) is 3.18.